The van der Waals surface area contributed by atoms with Gasteiger partial charge >= 0.3 is 0 Å². The Bertz CT molecular complexity index is 189. The molecule has 0 aromatic heterocycles. The summed E-state index contributed by atoms with van der Waals surface area (Å²) in [4.78, 5) is 4.86. The van der Waals surface area contributed by atoms with E-state index in [1.807, 2.05) is 0 Å². The molecule has 3 heteroatoms. The molecule has 0 saturated carbocycles. The fourth-order valence-electron chi connectivity index (χ4n) is 2.22. The normalized spacial score (nSPS) is 28.0. The maximum Gasteiger partial charge on any atom is 0.0252 e. The number of likely N-dealkylation sites (N-methyl/N-ethyl adjacent to an activating group) is 1. The van der Waals surface area contributed by atoms with Crippen molar-refractivity contribution in [1.29, 1.82) is 0 Å². The molecule has 15 heavy (non-hydrogen) atoms. The number of nitrogens with zero attached hydrogens (tertiary/aromatic N) is 2. The highest BCUT2D eigenvalue weighted by atomic mass is 15.2. The summed E-state index contributed by atoms with van der Waals surface area (Å²) in [6.45, 7) is 7.77. The summed E-state index contributed by atoms with van der Waals surface area (Å²) in [5.41, 5.74) is 6.19. The molecular weight excluding hydrogens is 186 g/mol. The molecule has 90 valence electrons. The lowest BCUT2D eigenvalue weighted by atomic mass is 9.97. The molecule has 2 atom stereocenters. The molecule has 1 saturated heterocycles. The number of piperidine rings is 1. The maximum absolute atomic E-state index is 6.21. The molecule has 1 aliphatic heterocycles. The topological polar surface area (TPSA) is 32.5 Å². The lowest BCUT2D eigenvalue weighted by molar-refractivity contribution is 0.113. The lowest BCUT2D eigenvalue weighted by Gasteiger charge is -2.39. The van der Waals surface area contributed by atoms with E-state index in [4.69, 9.17) is 5.73 Å². The summed E-state index contributed by atoms with van der Waals surface area (Å²) in [6, 6.07) is 0.714. The Kier molecular flexibility index (Phi) is 4.56. The smallest absolute Gasteiger partial charge is 0.0252 e. The Morgan fingerprint density at radius 2 is 2.13 bits per heavy atom. The van der Waals surface area contributed by atoms with Crippen molar-refractivity contribution in [3.8, 4) is 0 Å². The van der Waals surface area contributed by atoms with Crippen molar-refractivity contribution in [1.82, 2.24) is 9.80 Å². The highest BCUT2D eigenvalue weighted by Crippen LogP contribution is 2.16. The van der Waals surface area contributed by atoms with Crippen LogP contribution in [0.3, 0.4) is 0 Å². The van der Waals surface area contributed by atoms with Crippen molar-refractivity contribution in [2.45, 2.75) is 44.7 Å². The van der Waals surface area contributed by atoms with Crippen molar-refractivity contribution < 1.29 is 0 Å². The predicted molar refractivity (Wildman–Crippen MR) is 66.0 cm³/mol. The van der Waals surface area contributed by atoms with E-state index in [0.717, 1.165) is 13.0 Å². The number of likely N-dealkylation sites (tertiary alicyclic amines) is 1. The Morgan fingerprint density at radius 3 is 2.67 bits per heavy atom. The minimum absolute atomic E-state index is 0.0196. The van der Waals surface area contributed by atoms with Gasteiger partial charge in [0.25, 0.3) is 0 Å². The zero-order valence-electron chi connectivity index (χ0n) is 10.8. The second-order valence-corrected chi connectivity index (χ2v) is 5.50. The average molecular weight is 213 g/mol. The summed E-state index contributed by atoms with van der Waals surface area (Å²) in [6.07, 6.45) is 3.69. The first-order chi connectivity index (χ1) is 6.94. The van der Waals surface area contributed by atoms with Gasteiger partial charge in [0.05, 0.1) is 0 Å². The van der Waals surface area contributed by atoms with Crippen LogP contribution in [0.2, 0.25) is 0 Å². The van der Waals surface area contributed by atoms with E-state index < -0.39 is 0 Å². The van der Waals surface area contributed by atoms with Crippen molar-refractivity contribution in [2.75, 3.05) is 33.7 Å². The quantitative estimate of drug-likeness (QED) is 0.760. The van der Waals surface area contributed by atoms with Crippen LogP contribution in [0, 0.1) is 0 Å². The monoisotopic (exact) mass is 213 g/mol. The summed E-state index contributed by atoms with van der Waals surface area (Å²) in [5.74, 6) is 0. The molecule has 1 aliphatic rings. The van der Waals surface area contributed by atoms with Crippen molar-refractivity contribution in [2.24, 2.45) is 5.73 Å². The second-order valence-electron chi connectivity index (χ2n) is 5.50. The summed E-state index contributed by atoms with van der Waals surface area (Å²) >= 11 is 0. The molecule has 3 nitrogen and oxygen atoms in total. The van der Waals surface area contributed by atoms with Gasteiger partial charge in [-0.1, -0.05) is 6.92 Å². The predicted octanol–water partition coefficient (Wildman–Crippen LogP) is 1.14. The van der Waals surface area contributed by atoms with Gasteiger partial charge in [0, 0.05) is 24.7 Å². The van der Waals surface area contributed by atoms with Gasteiger partial charge in [0.15, 0.2) is 0 Å². The Balaban J connectivity index is 2.43. The summed E-state index contributed by atoms with van der Waals surface area (Å²) < 4.78 is 0. The first kappa shape index (κ1) is 12.9. The van der Waals surface area contributed by atoms with Gasteiger partial charge in [-0.2, -0.15) is 0 Å². The molecule has 1 fully saturated rings. The highest BCUT2D eigenvalue weighted by Gasteiger charge is 2.26. The first-order valence-corrected chi connectivity index (χ1v) is 6.12. The van der Waals surface area contributed by atoms with Crippen LogP contribution in [-0.4, -0.2) is 55.1 Å². The highest BCUT2D eigenvalue weighted by molar-refractivity contribution is 4.85. The van der Waals surface area contributed by atoms with Gasteiger partial charge in [-0.15, -0.1) is 0 Å². The maximum atomic E-state index is 6.21. The largest absolute Gasteiger partial charge is 0.324 e. The number of hydrogen-bond acceptors (Lipinski definition) is 3. The third-order valence-electron chi connectivity index (χ3n) is 3.60. The molecule has 0 bridgehead atoms. The minimum Gasteiger partial charge on any atom is -0.324 e. The van der Waals surface area contributed by atoms with E-state index >= 15 is 0 Å². The average Bonchev–Trinajstić information content (AvgIpc) is 2.17. The zero-order chi connectivity index (χ0) is 11.5. The third-order valence-corrected chi connectivity index (χ3v) is 3.60. The van der Waals surface area contributed by atoms with Crippen molar-refractivity contribution in [3.05, 3.63) is 0 Å². The molecule has 2 unspecified atom stereocenters. The number of nitrogens with two attached hydrogens (primary N) is 1. The van der Waals surface area contributed by atoms with Crippen LogP contribution < -0.4 is 5.73 Å². The Labute approximate surface area is 94.6 Å². The van der Waals surface area contributed by atoms with E-state index in [1.54, 1.807) is 0 Å². The van der Waals surface area contributed by atoms with E-state index in [-0.39, 0.29) is 5.54 Å². The third kappa shape index (κ3) is 4.09. The van der Waals surface area contributed by atoms with Gasteiger partial charge < -0.3 is 10.6 Å². The van der Waals surface area contributed by atoms with E-state index in [0.29, 0.717) is 6.04 Å². The summed E-state index contributed by atoms with van der Waals surface area (Å²) in [5, 5.41) is 0. The van der Waals surface area contributed by atoms with Gasteiger partial charge in [-0.3, -0.25) is 4.90 Å². The van der Waals surface area contributed by atoms with Gasteiger partial charge in [-0.05, 0) is 46.8 Å². The summed E-state index contributed by atoms with van der Waals surface area (Å²) in [7, 11) is 4.35. The van der Waals surface area contributed by atoms with Crippen molar-refractivity contribution >= 4 is 0 Å². The molecule has 0 aromatic rings. The van der Waals surface area contributed by atoms with Crippen LogP contribution in [0.15, 0.2) is 0 Å². The Hall–Kier alpha value is -0.120. The lowest BCUT2D eigenvalue weighted by Crippen LogP contribution is -2.53. The fourth-order valence-corrected chi connectivity index (χ4v) is 2.22. The molecule has 0 spiro atoms. The van der Waals surface area contributed by atoms with Crippen molar-refractivity contribution in [3.63, 3.8) is 0 Å². The molecule has 1 heterocycles. The van der Waals surface area contributed by atoms with Gasteiger partial charge in [0.1, 0.15) is 0 Å². The van der Waals surface area contributed by atoms with Crippen LogP contribution >= 0.6 is 0 Å². The van der Waals surface area contributed by atoms with Crippen LogP contribution in [-0.2, 0) is 0 Å². The van der Waals surface area contributed by atoms with E-state index in [1.165, 1.54) is 25.9 Å². The van der Waals surface area contributed by atoms with Crippen LogP contribution in [0.5, 0.6) is 0 Å². The molecule has 0 aromatic carbocycles. The molecule has 2 N–H and O–H groups in total. The fraction of sp³-hybridized carbons (Fsp3) is 1.00. The Morgan fingerprint density at radius 1 is 1.47 bits per heavy atom. The van der Waals surface area contributed by atoms with Crippen LogP contribution in [0.4, 0.5) is 0 Å². The molecule has 0 amide bonds. The molecule has 0 radical (unpaired) electrons. The molecule has 1 rings (SSSR count). The zero-order valence-corrected chi connectivity index (χ0v) is 10.8. The van der Waals surface area contributed by atoms with Crippen LogP contribution in [0.25, 0.3) is 0 Å². The molecular formula is C12H27N3. The van der Waals surface area contributed by atoms with Gasteiger partial charge in [-0.25, -0.2) is 0 Å². The second kappa shape index (κ2) is 5.28. The molecule has 0 aliphatic carbocycles. The number of hydrogen-bond donors (Lipinski definition) is 1. The standard InChI is InChI=1S/C12H27N3/c1-5-12(2,13)10-15-8-6-7-11(9-15)14(3)4/h11H,5-10,13H2,1-4H3. The van der Waals surface area contributed by atoms with Crippen LogP contribution in [0.1, 0.15) is 33.1 Å². The van der Waals surface area contributed by atoms with Gasteiger partial charge in [0.2, 0.25) is 0 Å². The minimum atomic E-state index is -0.0196. The SMILES string of the molecule is CCC(C)(N)CN1CCCC(N(C)C)C1. The first-order valence-electron chi connectivity index (χ1n) is 6.12. The van der Waals surface area contributed by atoms with E-state index in [9.17, 15) is 0 Å². The number of rotatable bonds is 4. The van der Waals surface area contributed by atoms with E-state index in [2.05, 4.69) is 37.7 Å².